The molecule has 1 saturated carbocycles. The number of nitrogens with zero attached hydrogens (tertiary/aromatic N) is 1. The first kappa shape index (κ1) is 11.4. The molecule has 1 N–H and O–H groups in total. The van der Waals surface area contributed by atoms with Gasteiger partial charge in [0.05, 0.1) is 5.92 Å². The number of carboxylic acids is 1. The Balaban J connectivity index is 1.93. The molecule has 2 aliphatic rings. The van der Waals surface area contributed by atoms with E-state index in [-0.39, 0.29) is 17.2 Å². The maximum Gasteiger partial charge on any atom is 0.306 e. The summed E-state index contributed by atoms with van der Waals surface area (Å²) in [6.45, 7) is 3.22. The smallest absolute Gasteiger partial charge is 0.306 e. The van der Waals surface area contributed by atoms with Gasteiger partial charge in [-0.1, -0.05) is 0 Å². The van der Waals surface area contributed by atoms with Crippen LogP contribution in [-0.2, 0) is 9.59 Å². The predicted molar refractivity (Wildman–Crippen MR) is 58.9 cm³/mol. The predicted octanol–water partition coefficient (Wildman–Crippen LogP) is 1.50. The van der Waals surface area contributed by atoms with Crippen LogP contribution in [0.3, 0.4) is 0 Å². The minimum absolute atomic E-state index is 0.141. The highest BCUT2D eigenvalue weighted by Crippen LogP contribution is 2.48. The molecule has 1 atom stereocenters. The van der Waals surface area contributed by atoms with Gasteiger partial charge in [0.2, 0.25) is 5.91 Å². The van der Waals surface area contributed by atoms with Gasteiger partial charge in [-0.25, -0.2) is 0 Å². The van der Waals surface area contributed by atoms with Gasteiger partial charge in [-0.05, 0) is 37.5 Å². The highest BCUT2D eigenvalue weighted by Gasteiger charge is 2.43. The number of amides is 1. The van der Waals surface area contributed by atoms with E-state index in [0.717, 1.165) is 45.2 Å². The van der Waals surface area contributed by atoms with Crippen molar-refractivity contribution in [3.05, 3.63) is 0 Å². The van der Waals surface area contributed by atoms with Crippen molar-refractivity contribution in [3.63, 3.8) is 0 Å². The number of likely N-dealkylation sites (tertiary alicyclic amines) is 1. The molecule has 1 aliphatic heterocycles. The average Bonchev–Trinajstić information content (AvgIpc) is 2.63. The van der Waals surface area contributed by atoms with Crippen LogP contribution >= 0.6 is 0 Å². The van der Waals surface area contributed by atoms with Gasteiger partial charge in [0.15, 0.2) is 0 Å². The van der Waals surface area contributed by atoms with E-state index in [4.69, 9.17) is 5.11 Å². The summed E-state index contributed by atoms with van der Waals surface area (Å²) < 4.78 is 0. The molecule has 16 heavy (non-hydrogen) atoms. The Morgan fingerprint density at radius 2 is 1.88 bits per heavy atom. The lowest BCUT2D eigenvalue weighted by Crippen LogP contribution is -2.41. The second-order valence-electron chi connectivity index (χ2n) is 5.28. The molecule has 0 aromatic rings. The van der Waals surface area contributed by atoms with Crippen molar-refractivity contribution in [2.75, 3.05) is 13.1 Å². The quantitative estimate of drug-likeness (QED) is 0.735. The lowest BCUT2D eigenvalue weighted by molar-refractivity contribution is -0.142. The highest BCUT2D eigenvalue weighted by molar-refractivity contribution is 5.73. The molecule has 1 unspecified atom stereocenters. The van der Waals surface area contributed by atoms with Gasteiger partial charge in [0, 0.05) is 20.0 Å². The van der Waals surface area contributed by atoms with Crippen LogP contribution in [0.25, 0.3) is 0 Å². The molecule has 4 nitrogen and oxygen atoms in total. The van der Waals surface area contributed by atoms with Crippen LogP contribution in [0.1, 0.15) is 39.0 Å². The first-order valence-electron chi connectivity index (χ1n) is 6.01. The Labute approximate surface area is 95.6 Å². The number of piperidine rings is 1. The maximum atomic E-state index is 11.2. The van der Waals surface area contributed by atoms with E-state index < -0.39 is 5.97 Å². The second-order valence-corrected chi connectivity index (χ2v) is 5.28. The molecule has 1 amide bonds. The van der Waals surface area contributed by atoms with Crippen LogP contribution < -0.4 is 0 Å². The number of carbonyl (C=O) groups is 2. The highest BCUT2D eigenvalue weighted by atomic mass is 16.4. The van der Waals surface area contributed by atoms with Gasteiger partial charge in [-0.15, -0.1) is 0 Å². The summed E-state index contributed by atoms with van der Waals surface area (Å²) in [6.07, 6.45) is 4.62. The Kier molecular flexibility index (Phi) is 2.91. The summed E-state index contributed by atoms with van der Waals surface area (Å²) in [4.78, 5) is 24.0. The summed E-state index contributed by atoms with van der Waals surface area (Å²) in [6, 6.07) is 0. The fraction of sp³-hybridized carbons (Fsp3) is 0.833. The van der Waals surface area contributed by atoms with E-state index in [1.807, 2.05) is 4.90 Å². The number of carbonyl (C=O) groups excluding carboxylic acids is 1. The minimum Gasteiger partial charge on any atom is -0.481 e. The molecule has 0 aromatic carbocycles. The van der Waals surface area contributed by atoms with Crippen molar-refractivity contribution in [1.82, 2.24) is 4.90 Å². The van der Waals surface area contributed by atoms with Crippen LogP contribution in [0, 0.1) is 11.3 Å². The zero-order chi connectivity index (χ0) is 11.8. The fourth-order valence-corrected chi connectivity index (χ4v) is 3.17. The molecule has 2 fully saturated rings. The summed E-state index contributed by atoms with van der Waals surface area (Å²) in [5.74, 6) is -0.655. The van der Waals surface area contributed by atoms with Crippen molar-refractivity contribution < 1.29 is 14.7 Å². The van der Waals surface area contributed by atoms with Crippen LogP contribution in [-0.4, -0.2) is 35.0 Å². The van der Waals surface area contributed by atoms with E-state index >= 15 is 0 Å². The molecule has 1 aliphatic carbocycles. The Bertz CT molecular complexity index is 305. The zero-order valence-corrected chi connectivity index (χ0v) is 9.74. The van der Waals surface area contributed by atoms with E-state index in [0.29, 0.717) is 0 Å². The van der Waals surface area contributed by atoms with Gasteiger partial charge < -0.3 is 10.0 Å². The summed E-state index contributed by atoms with van der Waals surface area (Å²) in [5.41, 5.74) is 0.217. The number of aliphatic carboxylic acids is 1. The van der Waals surface area contributed by atoms with Gasteiger partial charge in [-0.3, -0.25) is 9.59 Å². The third-order valence-corrected chi connectivity index (χ3v) is 4.32. The first-order valence-corrected chi connectivity index (χ1v) is 6.01. The number of rotatable bonds is 1. The Morgan fingerprint density at radius 1 is 1.25 bits per heavy atom. The Morgan fingerprint density at radius 3 is 2.31 bits per heavy atom. The van der Waals surface area contributed by atoms with Crippen molar-refractivity contribution in [2.45, 2.75) is 39.0 Å². The molecular weight excluding hydrogens is 206 g/mol. The van der Waals surface area contributed by atoms with Gasteiger partial charge in [0.25, 0.3) is 0 Å². The molecule has 90 valence electrons. The van der Waals surface area contributed by atoms with E-state index in [1.165, 1.54) is 0 Å². The standard InChI is InChI=1S/C12H19NO3/c1-9(14)13-6-4-12(5-7-13)3-2-10(8-12)11(15)16/h10H,2-8H2,1H3,(H,15,16). The van der Waals surface area contributed by atoms with Crippen molar-refractivity contribution in [1.29, 1.82) is 0 Å². The van der Waals surface area contributed by atoms with Crippen molar-refractivity contribution in [2.24, 2.45) is 11.3 Å². The molecule has 0 radical (unpaired) electrons. The third kappa shape index (κ3) is 2.06. The number of carboxylic acid groups (broad SMARTS) is 1. The van der Waals surface area contributed by atoms with E-state index in [9.17, 15) is 9.59 Å². The summed E-state index contributed by atoms with van der Waals surface area (Å²) in [7, 11) is 0. The lowest BCUT2D eigenvalue weighted by atomic mass is 9.76. The van der Waals surface area contributed by atoms with Crippen LogP contribution in [0.5, 0.6) is 0 Å². The normalized spacial score (nSPS) is 28.3. The van der Waals surface area contributed by atoms with Gasteiger partial charge >= 0.3 is 5.97 Å². The molecular formula is C12H19NO3. The molecule has 0 bridgehead atoms. The molecule has 2 rings (SSSR count). The SMILES string of the molecule is CC(=O)N1CCC2(CCC(C(=O)O)C2)CC1. The summed E-state index contributed by atoms with van der Waals surface area (Å²) in [5, 5.41) is 9.00. The second kappa shape index (κ2) is 4.07. The van der Waals surface area contributed by atoms with E-state index in [2.05, 4.69) is 0 Å². The monoisotopic (exact) mass is 225 g/mol. The van der Waals surface area contributed by atoms with Gasteiger partial charge in [0.1, 0.15) is 0 Å². The number of hydrogen-bond acceptors (Lipinski definition) is 2. The van der Waals surface area contributed by atoms with Crippen LogP contribution in [0.15, 0.2) is 0 Å². The third-order valence-electron chi connectivity index (χ3n) is 4.32. The average molecular weight is 225 g/mol. The largest absolute Gasteiger partial charge is 0.481 e. The molecule has 4 heteroatoms. The van der Waals surface area contributed by atoms with Crippen molar-refractivity contribution in [3.8, 4) is 0 Å². The number of hydrogen-bond donors (Lipinski definition) is 1. The van der Waals surface area contributed by atoms with E-state index in [1.54, 1.807) is 6.92 Å². The fourth-order valence-electron chi connectivity index (χ4n) is 3.17. The maximum absolute atomic E-state index is 11.2. The van der Waals surface area contributed by atoms with Crippen LogP contribution in [0.4, 0.5) is 0 Å². The molecule has 1 saturated heterocycles. The first-order chi connectivity index (χ1) is 7.52. The Hall–Kier alpha value is -1.06. The zero-order valence-electron chi connectivity index (χ0n) is 9.74. The molecule has 1 spiro atoms. The molecule has 1 heterocycles. The van der Waals surface area contributed by atoms with Crippen molar-refractivity contribution >= 4 is 11.9 Å². The topological polar surface area (TPSA) is 57.6 Å². The molecule has 0 aromatic heterocycles. The van der Waals surface area contributed by atoms with Gasteiger partial charge in [-0.2, -0.15) is 0 Å². The van der Waals surface area contributed by atoms with Crippen LogP contribution in [0.2, 0.25) is 0 Å². The minimum atomic E-state index is -0.647. The summed E-state index contributed by atoms with van der Waals surface area (Å²) >= 11 is 0. The lowest BCUT2D eigenvalue weighted by Gasteiger charge is -2.39.